The second-order valence-corrected chi connectivity index (χ2v) is 13.4. The minimum absolute atomic E-state index is 0.115. The Morgan fingerprint density at radius 2 is 1.11 bits per heavy atom. The third-order valence-corrected chi connectivity index (χ3v) is 10.5. The number of benzene rings is 7. The van der Waals surface area contributed by atoms with Crippen molar-refractivity contribution in [3.8, 4) is 33.5 Å². The van der Waals surface area contributed by atoms with Crippen molar-refractivity contribution in [1.29, 1.82) is 0 Å². The quantitative estimate of drug-likeness (QED) is 0.185. The summed E-state index contributed by atoms with van der Waals surface area (Å²) in [5, 5.41) is 9.99. The van der Waals surface area contributed by atoms with Crippen LogP contribution >= 0.6 is 0 Å². The summed E-state index contributed by atoms with van der Waals surface area (Å²) in [6, 6.07) is 51.1. The van der Waals surface area contributed by atoms with Gasteiger partial charge in [0, 0.05) is 27.9 Å². The minimum Gasteiger partial charge on any atom is -0.254 e. The lowest BCUT2D eigenvalue weighted by atomic mass is 9.81. The molecule has 7 aromatic carbocycles. The number of hydrogen-bond donors (Lipinski definition) is 0. The van der Waals surface area contributed by atoms with Crippen molar-refractivity contribution in [2.75, 3.05) is 0 Å². The average Bonchev–Trinajstić information content (AvgIpc) is 3.37. The van der Waals surface area contributed by atoms with Gasteiger partial charge < -0.3 is 0 Å². The summed E-state index contributed by atoms with van der Waals surface area (Å²) in [5.74, 6) is 0. The lowest BCUT2D eigenvalue weighted by molar-refractivity contribution is 0.660. The van der Waals surface area contributed by atoms with E-state index in [-0.39, 0.29) is 5.41 Å². The first-order valence-electron chi connectivity index (χ1n) is 16.3. The fourth-order valence-electron chi connectivity index (χ4n) is 8.16. The number of aromatic nitrogens is 2. The fourth-order valence-corrected chi connectivity index (χ4v) is 8.16. The molecule has 0 saturated carbocycles. The highest BCUT2D eigenvalue weighted by Gasteiger charge is 2.37. The maximum atomic E-state index is 5.20. The summed E-state index contributed by atoms with van der Waals surface area (Å²) >= 11 is 0. The van der Waals surface area contributed by atoms with Crippen LogP contribution in [0.4, 0.5) is 0 Å². The van der Waals surface area contributed by atoms with Crippen molar-refractivity contribution in [3.63, 3.8) is 0 Å². The Morgan fingerprint density at radius 3 is 1.87 bits per heavy atom. The lowest BCUT2D eigenvalue weighted by Crippen LogP contribution is -2.14. The second kappa shape index (κ2) is 9.57. The maximum absolute atomic E-state index is 5.20. The van der Waals surface area contributed by atoms with E-state index in [1.165, 1.54) is 65.7 Å². The number of rotatable bonds is 2. The zero-order valence-electron chi connectivity index (χ0n) is 26.3. The summed E-state index contributed by atoms with van der Waals surface area (Å²) < 4.78 is 0. The predicted octanol–water partition coefficient (Wildman–Crippen LogP) is 11.9. The van der Waals surface area contributed by atoms with Crippen LogP contribution in [0.3, 0.4) is 0 Å². The third kappa shape index (κ3) is 3.73. The van der Waals surface area contributed by atoms with E-state index < -0.39 is 0 Å². The normalized spacial score (nSPS) is 13.5. The molecule has 0 spiro atoms. The molecule has 0 amide bonds. The van der Waals surface area contributed by atoms with E-state index in [4.69, 9.17) is 9.97 Å². The predicted molar refractivity (Wildman–Crippen MR) is 198 cm³/mol. The van der Waals surface area contributed by atoms with Crippen LogP contribution in [0.2, 0.25) is 0 Å². The van der Waals surface area contributed by atoms with E-state index in [9.17, 15) is 0 Å². The van der Waals surface area contributed by atoms with E-state index in [1.54, 1.807) is 0 Å². The molecular formula is C45H30N2. The molecule has 47 heavy (non-hydrogen) atoms. The molecule has 0 bridgehead atoms. The molecule has 1 aliphatic rings. The molecule has 220 valence electrons. The summed E-state index contributed by atoms with van der Waals surface area (Å²) in [7, 11) is 0. The third-order valence-electron chi connectivity index (χ3n) is 10.5. The van der Waals surface area contributed by atoms with Gasteiger partial charge in [0.05, 0.1) is 16.7 Å². The molecule has 0 unspecified atom stereocenters. The number of fused-ring (bicyclic) bond motifs is 12. The van der Waals surface area contributed by atoms with E-state index in [2.05, 4.69) is 147 Å². The van der Waals surface area contributed by atoms with Crippen molar-refractivity contribution in [2.45, 2.75) is 19.3 Å². The molecule has 2 heteroatoms. The monoisotopic (exact) mass is 598 g/mol. The summed E-state index contributed by atoms with van der Waals surface area (Å²) in [5.41, 5.74) is 11.7. The summed E-state index contributed by atoms with van der Waals surface area (Å²) in [6.45, 7) is 4.71. The van der Waals surface area contributed by atoms with Gasteiger partial charge in [0.25, 0.3) is 0 Å². The Kier molecular flexibility index (Phi) is 5.37. The van der Waals surface area contributed by atoms with Crippen LogP contribution in [0.15, 0.2) is 146 Å². The molecule has 0 atom stereocenters. The highest BCUT2D eigenvalue weighted by molar-refractivity contribution is 6.25. The van der Waals surface area contributed by atoms with Gasteiger partial charge in [-0.15, -0.1) is 0 Å². The molecule has 2 nitrogen and oxygen atoms in total. The van der Waals surface area contributed by atoms with E-state index in [1.807, 2.05) is 12.3 Å². The van der Waals surface area contributed by atoms with Crippen LogP contribution in [-0.4, -0.2) is 9.97 Å². The zero-order chi connectivity index (χ0) is 31.3. The van der Waals surface area contributed by atoms with Crippen LogP contribution in [0.5, 0.6) is 0 Å². The first-order chi connectivity index (χ1) is 23.1. The lowest BCUT2D eigenvalue weighted by Gasteiger charge is -2.22. The van der Waals surface area contributed by atoms with Crippen molar-refractivity contribution in [2.24, 2.45) is 0 Å². The van der Waals surface area contributed by atoms with Crippen LogP contribution in [0.25, 0.3) is 87.6 Å². The smallest absolute Gasteiger partial charge is 0.0972 e. The van der Waals surface area contributed by atoms with Gasteiger partial charge in [-0.05, 0) is 90.0 Å². The van der Waals surface area contributed by atoms with Crippen LogP contribution < -0.4 is 0 Å². The van der Waals surface area contributed by atoms with Gasteiger partial charge in [0.15, 0.2) is 0 Å². The second-order valence-electron chi connectivity index (χ2n) is 13.4. The van der Waals surface area contributed by atoms with Crippen molar-refractivity contribution >= 4 is 54.1 Å². The Bertz CT molecular complexity index is 2740. The van der Waals surface area contributed by atoms with Gasteiger partial charge in [-0.1, -0.05) is 129 Å². The molecule has 0 fully saturated rings. The fraction of sp³-hybridized carbons (Fsp3) is 0.0667. The van der Waals surface area contributed by atoms with E-state index in [0.29, 0.717) is 0 Å². The largest absolute Gasteiger partial charge is 0.254 e. The van der Waals surface area contributed by atoms with Crippen LogP contribution in [0, 0.1) is 0 Å². The highest BCUT2D eigenvalue weighted by atomic mass is 14.8. The SMILES string of the molecule is CC1(C)c2ccc(-c3ccc4ccc5cccnc5c4n3)cc2-c2c(-c3ccc4c5ccccc5c5ccccc5c4c3)cccc21. The van der Waals surface area contributed by atoms with Gasteiger partial charge in [0.1, 0.15) is 0 Å². The Labute approximate surface area is 273 Å². The van der Waals surface area contributed by atoms with Crippen molar-refractivity contribution in [3.05, 3.63) is 157 Å². The Morgan fingerprint density at radius 1 is 0.447 bits per heavy atom. The summed E-state index contributed by atoms with van der Waals surface area (Å²) in [4.78, 5) is 9.89. The van der Waals surface area contributed by atoms with Gasteiger partial charge in [-0.3, -0.25) is 4.98 Å². The molecule has 1 aliphatic carbocycles. The first kappa shape index (κ1) is 26.4. The van der Waals surface area contributed by atoms with Gasteiger partial charge >= 0.3 is 0 Å². The molecule has 0 saturated heterocycles. The van der Waals surface area contributed by atoms with Crippen LogP contribution in [0.1, 0.15) is 25.0 Å². The first-order valence-corrected chi connectivity index (χ1v) is 16.3. The highest BCUT2D eigenvalue weighted by Crippen LogP contribution is 2.53. The molecule has 0 radical (unpaired) electrons. The van der Waals surface area contributed by atoms with E-state index >= 15 is 0 Å². The molecule has 2 heterocycles. The molecule has 0 N–H and O–H groups in total. The molecular weight excluding hydrogens is 569 g/mol. The van der Waals surface area contributed by atoms with E-state index in [0.717, 1.165) is 33.1 Å². The number of pyridine rings is 2. The topological polar surface area (TPSA) is 25.8 Å². The van der Waals surface area contributed by atoms with Gasteiger partial charge in [-0.2, -0.15) is 0 Å². The van der Waals surface area contributed by atoms with Crippen LogP contribution in [-0.2, 0) is 5.41 Å². The Balaban J connectivity index is 1.19. The zero-order valence-corrected chi connectivity index (χ0v) is 26.3. The van der Waals surface area contributed by atoms with Crippen molar-refractivity contribution in [1.82, 2.24) is 9.97 Å². The van der Waals surface area contributed by atoms with Gasteiger partial charge in [-0.25, -0.2) is 4.98 Å². The van der Waals surface area contributed by atoms with Gasteiger partial charge in [0.2, 0.25) is 0 Å². The molecule has 0 aliphatic heterocycles. The number of nitrogens with zero attached hydrogens (tertiary/aromatic N) is 2. The molecule has 10 rings (SSSR count). The maximum Gasteiger partial charge on any atom is 0.0972 e. The minimum atomic E-state index is -0.115. The molecule has 9 aromatic rings. The standard InChI is InChI=1S/C45H30N2/c1-45(2)39-22-19-30(41-23-20-28-17-16-27-9-8-24-46-43(27)44(28)47-41)26-38(39)42-31(14-7-15-40(42)45)29-18-21-36-34-12-4-3-10-32(34)33-11-5-6-13-35(33)37(36)25-29/h3-26H,1-2H3. The summed E-state index contributed by atoms with van der Waals surface area (Å²) in [6.07, 6.45) is 1.85. The number of hydrogen-bond acceptors (Lipinski definition) is 2. The van der Waals surface area contributed by atoms with Crippen molar-refractivity contribution < 1.29 is 0 Å². The molecule has 2 aromatic heterocycles. The average molecular weight is 599 g/mol. The Hall–Kier alpha value is -5.86.